The molecule has 1 aliphatic heterocycles. The van der Waals surface area contributed by atoms with Crippen LogP contribution in [0, 0.1) is 5.41 Å². The van der Waals surface area contributed by atoms with E-state index in [9.17, 15) is 0 Å². The van der Waals surface area contributed by atoms with Crippen molar-refractivity contribution in [1.29, 1.82) is 0 Å². The van der Waals surface area contributed by atoms with Gasteiger partial charge in [-0.15, -0.1) is 0 Å². The first kappa shape index (κ1) is 13.4. The van der Waals surface area contributed by atoms with Crippen molar-refractivity contribution in [1.82, 2.24) is 0 Å². The van der Waals surface area contributed by atoms with Crippen LogP contribution in [0.2, 0.25) is 0 Å². The van der Waals surface area contributed by atoms with Crippen LogP contribution in [0.3, 0.4) is 0 Å². The average molecular weight is 249 g/mol. The smallest absolute Gasteiger partial charge is 0.184 e. The van der Waals surface area contributed by atoms with Crippen molar-refractivity contribution in [2.75, 3.05) is 25.6 Å². The van der Waals surface area contributed by atoms with Crippen LogP contribution in [0.5, 0.6) is 0 Å². The Balaban J connectivity index is 2.09. The minimum absolute atomic E-state index is 0.0834. The Morgan fingerprint density at radius 1 is 1.17 bits per heavy atom. The minimum Gasteiger partial charge on any atom is -0.378 e. The van der Waals surface area contributed by atoms with Crippen LogP contribution in [0.4, 0.5) is 5.69 Å². The molecule has 1 saturated heterocycles. The predicted molar refractivity (Wildman–Crippen MR) is 73.8 cm³/mol. The van der Waals surface area contributed by atoms with Gasteiger partial charge in [0.15, 0.2) is 6.29 Å². The third-order valence-corrected chi connectivity index (χ3v) is 3.72. The molecule has 0 spiro atoms. The maximum atomic E-state index is 5.95. The van der Waals surface area contributed by atoms with Gasteiger partial charge in [0.25, 0.3) is 0 Å². The molecule has 3 heteroatoms. The van der Waals surface area contributed by atoms with Gasteiger partial charge in [-0.05, 0) is 19.1 Å². The summed E-state index contributed by atoms with van der Waals surface area (Å²) in [6.45, 7) is 7.18. The Labute approximate surface area is 110 Å². The first-order valence-electron chi connectivity index (χ1n) is 6.44. The van der Waals surface area contributed by atoms with E-state index in [-0.39, 0.29) is 17.8 Å². The maximum absolute atomic E-state index is 5.95. The van der Waals surface area contributed by atoms with Gasteiger partial charge >= 0.3 is 0 Å². The quantitative estimate of drug-likeness (QED) is 0.803. The standard InChI is InChI=1S/C15H23NO2/c1-11-15(2,3)10-17-14(18-11)12-6-8-13(9-7-12)16(4)5/h6-9,11,14H,10H2,1-5H3. The highest BCUT2D eigenvalue weighted by atomic mass is 16.7. The number of hydrogen-bond donors (Lipinski definition) is 0. The summed E-state index contributed by atoms with van der Waals surface area (Å²) in [6.07, 6.45) is -0.0333. The number of rotatable bonds is 2. The van der Waals surface area contributed by atoms with Gasteiger partial charge in [0.2, 0.25) is 0 Å². The van der Waals surface area contributed by atoms with Crippen molar-refractivity contribution in [2.24, 2.45) is 5.41 Å². The van der Waals surface area contributed by atoms with E-state index in [2.05, 4.69) is 49.9 Å². The molecule has 1 aliphatic rings. The number of nitrogens with zero attached hydrogens (tertiary/aromatic N) is 1. The Morgan fingerprint density at radius 3 is 2.28 bits per heavy atom. The molecule has 1 aromatic carbocycles. The predicted octanol–water partition coefficient (Wildman–Crippen LogP) is 3.21. The van der Waals surface area contributed by atoms with Crippen molar-refractivity contribution in [3.63, 3.8) is 0 Å². The number of hydrogen-bond acceptors (Lipinski definition) is 3. The second kappa shape index (κ2) is 4.90. The fourth-order valence-electron chi connectivity index (χ4n) is 1.92. The molecule has 0 bridgehead atoms. The second-order valence-electron chi connectivity index (χ2n) is 5.90. The first-order chi connectivity index (χ1) is 8.40. The number of ether oxygens (including phenoxy) is 2. The summed E-state index contributed by atoms with van der Waals surface area (Å²) in [6, 6.07) is 8.33. The lowest BCUT2D eigenvalue weighted by Gasteiger charge is -2.40. The topological polar surface area (TPSA) is 21.7 Å². The van der Waals surface area contributed by atoms with E-state index in [4.69, 9.17) is 9.47 Å². The van der Waals surface area contributed by atoms with Crippen LogP contribution >= 0.6 is 0 Å². The molecule has 2 unspecified atom stereocenters. The van der Waals surface area contributed by atoms with Crippen molar-refractivity contribution in [3.8, 4) is 0 Å². The number of benzene rings is 1. The summed E-state index contributed by atoms with van der Waals surface area (Å²) in [7, 11) is 4.07. The molecule has 100 valence electrons. The van der Waals surface area contributed by atoms with Gasteiger partial charge in [-0.25, -0.2) is 0 Å². The zero-order chi connectivity index (χ0) is 13.3. The lowest BCUT2D eigenvalue weighted by atomic mass is 9.87. The zero-order valence-electron chi connectivity index (χ0n) is 11.9. The highest BCUT2D eigenvalue weighted by molar-refractivity contribution is 5.46. The number of anilines is 1. The molecule has 0 radical (unpaired) electrons. The van der Waals surface area contributed by atoms with E-state index in [1.807, 2.05) is 14.1 Å². The third kappa shape index (κ3) is 2.68. The van der Waals surface area contributed by atoms with Crippen LogP contribution in [0.1, 0.15) is 32.6 Å². The van der Waals surface area contributed by atoms with Crippen molar-refractivity contribution < 1.29 is 9.47 Å². The van der Waals surface area contributed by atoms with E-state index in [1.165, 1.54) is 5.69 Å². The summed E-state index contributed by atoms with van der Waals surface area (Å²) < 4.78 is 11.8. The molecule has 0 N–H and O–H groups in total. The summed E-state index contributed by atoms with van der Waals surface area (Å²) in [5.74, 6) is 0. The highest BCUT2D eigenvalue weighted by Crippen LogP contribution is 2.36. The third-order valence-electron chi connectivity index (χ3n) is 3.72. The van der Waals surface area contributed by atoms with E-state index in [0.29, 0.717) is 0 Å². The molecule has 0 aromatic heterocycles. The van der Waals surface area contributed by atoms with Crippen LogP contribution in [0.15, 0.2) is 24.3 Å². The fourth-order valence-corrected chi connectivity index (χ4v) is 1.92. The SMILES string of the molecule is CC1OC(c2ccc(N(C)C)cc2)OCC1(C)C. The molecule has 0 amide bonds. The lowest BCUT2D eigenvalue weighted by Crippen LogP contribution is -2.40. The Bertz CT molecular complexity index is 397. The van der Waals surface area contributed by atoms with Gasteiger partial charge in [0, 0.05) is 30.8 Å². The van der Waals surface area contributed by atoms with Crippen LogP contribution < -0.4 is 4.90 Å². The normalized spacial score (nSPS) is 26.9. The van der Waals surface area contributed by atoms with Gasteiger partial charge < -0.3 is 14.4 Å². The van der Waals surface area contributed by atoms with Gasteiger partial charge in [0.1, 0.15) is 0 Å². The van der Waals surface area contributed by atoms with E-state index in [0.717, 1.165) is 12.2 Å². The molecule has 2 rings (SSSR count). The second-order valence-corrected chi connectivity index (χ2v) is 5.90. The van der Waals surface area contributed by atoms with Crippen molar-refractivity contribution in [3.05, 3.63) is 29.8 Å². The molecule has 0 aliphatic carbocycles. The molecule has 3 nitrogen and oxygen atoms in total. The lowest BCUT2D eigenvalue weighted by molar-refractivity contribution is -0.259. The average Bonchev–Trinajstić information content (AvgIpc) is 2.33. The summed E-state index contributed by atoms with van der Waals surface area (Å²) in [5, 5.41) is 0. The summed E-state index contributed by atoms with van der Waals surface area (Å²) in [4.78, 5) is 2.08. The fraction of sp³-hybridized carbons (Fsp3) is 0.600. The van der Waals surface area contributed by atoms with E-state index in [1.54, 1.807) is 0 Å². The van der Waals surface area contributed by atoms with E-state index < -0.39 is 0 Å². The Kier molecular flexibility index (Phi) is 3.64. The van der Waals surface area contributed by atoms with Crippen LogP contribution in [-0.4, -0.2) is 26.8 Å². The van der Waals surface area contributed by atoms with Crippen LogP contribution in [-0.2, 0) is 9.47 Å². The summed E-state index contributed by atoms with van der Waals surface area (Å²) in [5.41, 5.74) is 2.35. The molecule has 1 aromatic rings. The minimum atomic E-state index is -0.232. The van der Waals surface area contributed by atoms with Gasteiger partial charge in [-0.3, -0.25) is 0 Å². The van der Waals surface area contributed by atoms with Gasteiger partial charge in [-0.1, -0.05) is 26.0 Å². The van der Waals surface area contributed by atoms with Crippen LogP contribution in [0.25, 0.3) is 0 Å². The molecule has 1 heterocycles. The zero-order valence-corrected chi connectivity index (χ0v) is 11.9. The maximum Gasteiger partial charge on any atom is 0.184 e. The molecule has 1 fully saturated rings. The Morgan fingerprint density at radius 2 is 1.78 bits per heavy atom. The molecular weight excluding hydrogens is 226 g/mol. The largest absolute Gasteiger partial charge is 0.378 e. The van der Waals surface area contributed by atoms with Crippen molar-refractivity contribution in [2.45, 2.75) is 33.2 Å². The molecule has 2 atom stereocenters. The monoisotopic (exact) mass is 249 g/mol. The first-order valence-corrected chi connectivity index (χ1v) is 6.44. The molecule has 0 saturated carbocycles. The van der Waals surface area contributed by atoms with Crippen molar-refractivity contribution >= 4 is 5.69 Å². The van der Waals surface area contributed by atoms with Gasteiger partial charge in [0.05, 0.1) is 12.7 Å². The highest BCUT2D eigenvalue weighted by Gasteiger charge is 2.35. The molecular formula is C15H23NO2. The Hall–Kier alpha value is -1.06. The van der Waals surface area contributed by atoms with E-state index >= 15 is 0 Å². The van der Waals surface area contributed by atoms with Gasteiger partial charge in [-0.2, -0.15) is 0 Å². The summed E-state index contributed by atoms with van der Waals surface area (Å²) >= 11 is 0. The molecule has 18 heavy (non-hydrogen) atoms.